The molecule has 0 aliphatic heterocycles. The smallest absolute Gasteiger partial charge is 0.228 e. The molecule has 0 saturated heterocycles. The molecule has 0 radical (unpaired) electrons. The van der Waals surface area contributed by atoms with Crippen LogP contribution in [0.1, 0.15) is 37.8 Å². The van der Waals surface area contributed by atoms with Crippen molar-refractivity contribution in [1.29, 1.82) is 0 Å². The number of amides is 2. The Bertz CT molecular complexity index is 721. The molecule has 0 spiro atoms. The highest BCUT2D eigenvalue weighted by Crippen LogP contribution is 2.24. The quantitative estimate of drug-likeness (QED) is 0.904. The summed E-state index contributed by atoms with van der Waals surface area (Å²) in [6, 6.07) is 15.3. The van der Waals surface area contributed by atoms with Gasteiger partial charge in [-0.3, -0.25) is 9.59 Å². The van der Waals surface area contributed by atoms with Crippen LogP contribution in [0.5, 0.6) is 0 Å². The number of nitrogens with zero attached hydrogens (tertiary/aromatic N) is 1. The molecule has 0 heterocycles. The molecule has 2 amide bonds. The third-order valence-electron chi connectivity index (χ3n) is 4.02. The molecule has 0 aromatic heterocycles. The summed E-state index contributed by atoms with van der Waals surface area (Å²) >= 11 is 0. The fourth-order valence-electron chi connectivity index (χ4n) is 2.51. The summed E-state index contributed by atoms with van der Waals surface area (Å²) in [6.45, 7) is 5.73. The van der Waals surface area contributed by atoms with Gasteiger partial charge in [0.15, 0.2) is 0 Å². The largest absolute Gasteiger partial charge is 0.326 e. The van der Waals surface area contributed by atoms with Gasteiger partial charge in [-0.25, -0.2) is 0 Å². The molecule has 24 heavy (non-hydrogen) atoms. The standard InChI is InChI=1S/C20H24N2O2/c1-14(2)18-7-5-6-8-19(18)21-20(24)13-16-9-11-17(12-10-16)22(4)15(3)23/h5-12,14H,13H2,1-4H3,(H,21,24). The number of rotatable bonds is 5. The first-order chi connectivity index (χ1) is 11.4. The highest BCUT2D eigenvalue weighted by molar-refractivity contribution is 5.93. The van der Waals surface area contributed by atoms with E-state index in [1.54, 1.807) is 11.9 Å². The lowest BCUT2D eigenvalue weighted by molar-refractivity contribution is -0.116. The molecular weight excluding hydrogens is 300 g/mol. The summed E-state index contributed by atoms with van der Waals surface area (Å²) in [6.07, 6.45) is 0.302. The van der Waals surface area contributed by atoms with Crippen LogP contribution in [-0.4, -0.2) is 18.9 Å². The van der Waals surface area contributed by atoms with E-state index >= 15 is 0 Å². The Balaban J connectivity index is 2.04. The van der Waals surface area contributed by atoms with Crippen molar-refractivity contribution in [3.8, 4) is 0 Å². The maximum Gasteiger partial charge on any atom is 0.228 e. The highest BCUT2D eigenvalue weighted by atomic mass is 16.2. The average molecular weight is 324 g/mol. The van der Waals surface area contributed by atoms with Crippen molar-refractivity contribution in [3.05, 3.63) is 59.7 Å². The topological polar surface area (TPSA) is 49.4 Å². The van der Waals surface area contributed by atoms with E-state index in [1.165, 1.54) is 6.92 Å². The van der Waals surface area contributed by atoms with Gasteiger partial charge in [0, 0.05) is 25.3 Å². The number of carbonyl (C=O) groups excluding carboxylic acids is 2. The molecule has 1 N–H and O–H groups in total. The molecular formula is C20H24N2O2. The van der Waals surface area contributed by atoms with Crippen LogP contribution in [0.15, 0.2) is 48.5 Å². The third-order valence-corrected chi connectivity index (χ3v) is 4.02. The fourth-order valence-corrected chi connectivity index (χ4v) is 2.51. The lowest BCUT2D eigenvalue weighted by atomic mass is 10.0. The summed E-state index contributed by atoms with van der Waals surface area (Å²) in [7, 11) is 1.73. The van der Waals surface area contributed by atoms with Crippen molar-refractivity contribution in [2.45, 2.75) is 33.1 Å². The number of carbonyl (C=O) groups is 2. The molecule has 0 saturated carbocycles. The van der Waals surface area contributed by atoms with Crippen molar-refractivity contribution in [1.82, 2.24) is 0 Å². The monoisotopic (exact) mass is 324 g/mol. The van der Waals surface area contributed by atoms with Gasteiger partial charge in [-0.2, -0.15) is 0 Å². The number of hydrogen-bond acceptors (Lipinski definition) is 2. The van der Waals surface area contributed by atoms with E-state index in [4.69, 9.17) is 0 Å². The number of hydrogen-bond donors (Lipinski definition) is 1. The van der Waals surface area contributed by atoms with Crippen LogP contribution in [0.25, 0.3) is 0 Å². The molecule has 4 nitrogen and oxygen atoms in total. The van der Waals surface area contributed by atoms with Gasteiger partial charge in [-0.05, 0) is 35.2 Å². The van der Waals surface area contributed by atoms with Crippen LogP contribution in [0.3, 0.4) is 0 Å². The van der Waals surface area contributed by atoms with Gasteiger partial charge < -0.3 is 10.2 Å². The molecule has 2 aromatic rings. The van der Waals surface area contributed by atoms with Gasteiger partial charge >= 0.3 is 0 Å². The molecule has 0 fully saturated rings. The zero-order valence-electron chi connectivity index (χ0n) is 14.7. The molecule has 126 valence electrons. The Morgan fingerprint density at radius 3 is 2.25 bits per heavy atom. The second-order valence-corrected chi connectivity index (χ2v) is 6.21. The lowest BCUT2D eigenvalue weighted by Crippen LogP contribution is -2.22. The fraction of sp³-hybridized carbons (Fsp3) is 0.300. The van der Waals surface area contributed by atoms with Crippen molar-refractivity contribution in [2.24, 2.45) is 0 Å². The van der Waals surface area contributed by atoms with Crippen LogP contribution in [0.4, 0.5) is 11.4 Å². The Morgan fingerprint density at radius 2 is 1.67 bits per heavy atom. The molecule has 0 aliphatic rings. The number of nitrogens with one attached hydrogen (secondary N) is 1. The van der Waals surface area contributed by atoms with Gasteiger partial charge in [0.25, 0.3) is 0 Å². The summed E-state index contributed by atoms with van der Waals surface area (Å²) in [5, 5.41) is 2.99. The first-order valence-corrected chi connectivity index (χ1v) is 8.10. The van der Waals surface area contributed by atoms with Gasteiger partial charge in [-0.1, -0.05) is 44.2 Å². The van der Waals surface area contributed by atoms with E-state index in [2.05, 4.69) is 19.2 Å². The summed E-state index contributed by atoms with van der Waals surface area (Å²) in [4.78, 5) is 25.2. The molecule has 0 bridgehead atoms. The first kappa shape index (κ1) is 17.7. The first-order valence-electron chi connectivity index (χ1n) is 8.10. The SMILES string of the molecule is CC(=O)N(C)c1ccc(CC(=O)Nc2ccccc2C(C)C)cc1. The third kappa shape index (κ3) is 4.44. The van der Waals surface area contributed by atoms with Gasteiger partial charge in [0.2, 0.25) is 11.8 Å². The predicted molar refractivity (Wildman–Crippen MR) is 98.4 cm³/mol. The Kier molecular flexibility index (Phi) is 5.74. The Morgan fingerprint density at radius 1 is 1.04 bits per heavy atom. The second kappa shape index (κ2) is 7.77. The van der Waals surface area contributed by atoms with Crippen LogP contribution in [0.2, 0.25) is 0 Å². The van der Waals surface area contributed by atoms with Gasteiger partial charge in [0.05, 0.1) is 6.42 Å². The van der Waals surface area contributed by atoms with E-state index in [0.29, 0.717) is 12.3 Å². The van der Waals surface area contributed by atoms with Crippen LogP contribution in [-0.2, 0) is 16.0 Å². The van der Waals surface area contributed by atoms with E-state index in [1.807, 2.05) is 48.5 Å². The van der Waals surface area contributed by atoms with Crippen LogP contribution < -0.4 is 10.2 Å². The van der Waals surface area contributed by atoms with E-state index in [0.717, 1.165) is 22.5 Å². The molecule has 4 heteroatoms. The van der Waals surface area contributed by atoms with Crippen molar-refractivity contribution >= 4 is 23.2 Å². The summed E-state index contributed by atoms with van der Waals surface area (Å²) in [5.41, 5.74) is 3.72. The highest BCUT2D eigenvalue weighted by Gasteiger charge is 2.10. The summed E-state index contributed by atoms with van der Waals surface area (Å²) < 4.78 is 0. The number of anilines is 2. The van der Waals surface area contributed by atoms with Gasteiger partial charge in [0.1, 0.15) is 0 Å². The minimum Gasteiger partial charge on any atom is -0.326 e. The molecule has 2 aromatic carbocycles. The zero-order chi connectivity index (χ0) is 17.7. The molecule has 2 rings (SSSR count). The predicted octanol–water partition coefficient (Wildman–Crippen LogP) is 3.97. The molecule has 0 aliphatic carbocycles. The van der Waals surface area contributed by atoms with E-state index in [9.17, 15) is 9.59 Å². The van der Waals surface area contributed by atoms with Crippen molar-refractivity contribution in [3.63, 3.8) is 0 Å². The molecule has 0 unspecified atom stereocenters. The van der Waals surface area contributed by atoms with Crippen molar-refractivity contribution < 1.29 is 9.59 Å². The normalized spacial score (nSPS) is 10.5. The van der Waals surface area contributed by atoms with Gasteiger partial charge in [-0.15, -0.1) is 0 Å². The maximum atomic E-state index is 12.3. The average Bonchev–Trinajstić information content (AvgIpc) is 2.55. The Hall–Kier alpha value is -2.62. The number of benzene rings is 2. The van der Waals surface area contributed by atoms with E-state index in [-0.39, 0.29) is 11.8 Å². The van der Waals surface area contributed by atoms with Crippen molar-refractivity contribution in [2.75, 3.05) is 17.3 Å². The maximum absolute atomic E-state index is 12.3. The number of para-hydroxylation sites is 1. The Labute approximate surface area is 143 Å². The zero-order valence-corrected chi connectivity index (χ0v) is 14.7. The molecule has 0 atom stereocenters. The van der Waals surface area contributed by atoms with Crippen LogP contribution >= 0.6 is 0 Å². The van der Waals surface area contributed by atoms with E-state index < -0.39 is 0 Å². The lowest BCUT2D eigenvalue weighted by Gasteiger charge is -2.15. The second-order valence-electron chi connectivity index (χ2n) is 6.21. The van der Waals surface area contributed by atoms with Crippen LogP contribution in [0, 0.1) is 0 Å². The minimum atomic E-state index is -0.0456. The minimum absolute atomic E-state index is 0.0224. The summed E-state index contributed by atoms with van der Waals surface area (Å²) in [5.74, 6) is 0.282.